The summed E-state index contributed by atoms with van der Waals surface area (Å²) in [5.74, 6) is 0. The second-order valence-corrected chi connectivity index (χ2v) is 7.38. The molecule has 1 aromatic rings. The highest BCUT2D eigenvalue weighted by Gasteiger charge is 2.24. The number of aliphatic hydroxyl groups excluding tert-OH is 1. The number of likely N-dealkylation sites (tertiary alicyclic amines) is 1. The molecule has 1 unspecified atom stereocenters. The van der Waals surface area contributed by atoms with Gasteiger partial charge in [0.2, 0.25) is 10.0 Å². The van der Waals surface area contributed by atoms with E-state index in [1.807, 2.05) is 14.0 Å². The summed E-state index contributed by atoms with van der Waals surface area (Å²) in [4.78, 5) is 2.37. The largest absolute Gasteiger partial charge is 0.392 e. The first-order valence-corrected chi connectivity index (χ1v) is 8.88. The Morgan fingerprint density at radius 2 is 2.14 bits per heavy atom. The van der Waals surface area contributed by atoms with Crippen LogP contribution in [-0.2, 0) is 23.1 Å². The molecule has 1 atom stereocenters. The van der Waals surface area contributed by atoms with Crippen LogP contribution in [0.4, 0.5) is 0 Å². The fourth-order valence-electron chi connectivity index (χ4n) is 2.81. The van der Waals surface area contributed by atoms with Crippen LogP contribution in [0.5, 0.6) is 0 Å². The topological polar surface area (TPSA) is 69.6 Å². The maximum absolute atomic E-state index is 12.5. The van der Waals surface area contributed by atoms with Gasteiger partial charge in [-0.3, -0.25) is 0 Å². The molecule has 0 bridgehead atoms. The predicted octanol–water partition coefficient (Wildman–Crippen LogP) is 1.11. The molecule has 0 amide bonds. The molecule has 1 heterocycles. The van der Waals surface area contributed by atoms with E-state index in [0.717, 1.165) is 37.9 Å². The molecular formula is C15H24N2O3S. The van der Waals surface area contributed by atoms with Crippen molar-refractivity contribution in [2.75, 3.05) is 20.1 Å². The number of hydrogen-bond acceptors (Lipinski definition) is 4. The lowest BCUT2D eigenvalue weighted by molar-refractivity contribution is 0.242. The first-order chi connectivity index (χ1) is 9.96. The summed E-state index contributed by atoms with van der Waals surface area (Å²) >= 11 is 0. The third-order valence-corrected chi connectivity index (χ3v) is 5.50. The normalized spacial score (nSPS) is 20.6. The lowest BCUT2D eigenvalue weighted by atomic mass is 10.1. The zero-order valence-corrected chi connectivity index (χ0v) is 13.5. The van der Waals surface area contributed by atoms with Gasteiger partial charge in [-0.1, -0.05) is 13.0 Å². The van der Waals surface area contributed by atoms with Crippen molar-refractivity contribution in [3.8, 4) is 0 Å². The zero-order valence-electron chi connectivity index (χ0n) is 12.7. The Morgan fingerprint density at radius 3 is 2.76 bits per heavy atom. The number of nitrogens with one attached hydrogen (secondary N) is 1. The van der Waals surface area contributed by atoms with E-state index in [9.17, 15) is 13.5 Å². The lowest BCUT2D eigenvalue weighted by Gasteiger charge is -2.30. The second kappa shape index (κ2) is 6.87. The summed E-state index contributed by atoms with van der Waals surface area (Å²) < 4.78 is 27.7. The smallest absolute Gasteiger partial charge is 0.240 e. The number of piperidine rings is 1. The number of aryl methyl sites for hydroxylation is 1. The summed E-state index contributed by atoms with van der Waals surface area (Å²) in [5.41, 5.74) is 1.66. The third kappa shape index (κ3) is 4.03. The van der Waals surface area contributed by atoms with Crippen molar-refractivity contribution in [1.29, 1.82) is 0 Å². The SMILES string of the molecule is CCc1ccc(S(=O)(=O)NC2CCCN(C)C2)cc1CO. The van der Waals surface area contributed by atoms with Gasteiger partial charge in [-0.15, -0.1) is 0 Å². The standard InChI is InChI=1S/C15H24N2O3S/c1-3-12-6-7-15(9-13(12)11-18)21(19,20)16-14-5-4-8-17(2)10-14/h6-7,9,14,16,18H,3-5,8,10-11H2,1-2H3. The van der Waals surface area contributed by atoms with Crippen molar-refractivity contribution in [3.05, 3.63) is 29.3 Å². The highest BCUT2D eigenvalue weighted by atomic mass is 32.2. The zero-order chi connectivity index (χ0) is 15.5. The predicted molar refractivity (Wildman–Crippen MR) is 82.6 cm³/mol. The van der Waals surface area contributed by atoms with E-state index in [2.05, 4.69) is 9.62 Å². The second-order valence-electron chi connectivity index (χ2n) is 5.66. The summed E-state index contributed by atoms with van der Waals surface area (Å²) in [7, 11) is -1.53. The summed E-state index contributed by atoms with van der Waals surface area (Å²) in [6.07, 6.45) is 2.64. The van der Waals surface area contributed by atoms with Crippen molar-refractivity contribution >= 4 is 10.0 Å². The summed E-state index contributed by atoms with van der Waals surface area (Å²) in [6.45, 7) is 3.59. The van der Waals surface area contributed by atoms with Crippen LogP contribution in [0, 0.1) is 0 Å². The molecule has 6 heteroatoms. The van der Waals surface area contributed by atoms with Crippen molar-refractivity contribution in [2.45, 2.75) is 43.7 Å². The van der Waals surface area contributed by atoms with E-state index in [0.29, 0.717) is 5.56 Å². The van der Waals surface area contributed by atoms with Gasteiger partial charge in [0.05, 0.1) is 11.5 Å². The summed E-state index contributed by atoms with van der Waals surface area (Å²) in [6, 6.07) is 4.94. The Hall–Kier alpha value is -0.950. The van der Waals surface area contributed by atoms with Crippen LogP contribution in [0.25, 0.3) is 0 Å². The van der Waals surface area contributed by atoms with Gasteiger partial charge in [0, 0.05) is 12.6 Å². The van der Waals surface area contributed by atoms with Gasteiger partial charge in [0.1, 0.15) is 0 Å². The van der Waals surface area contributed by atoms with Crippen molar-refractivity contribution < 1.29 is 13.5 Å². The van der Waals surface area contributed by atoms with Crippen LogP contribution < -0.4 is 4.72 Å². The molecule has 0 radical (unpaired) electrons. The van der Waals surface area contributed by atoms with Gasteiger partial charge in [-0.05, 0) is 56.1 Å². The maximum atomic E-state index is 12.5. The number of likely N-dealkylation sites (N-methyl/N-ethyl adjacent to an activating group) is 1. The van der Waals surface area contributed by atoms with Crippen LogP contribution >= 0.6 is 0 Å². The molecule has 1 aliphatic heterocycles. The molecule has 0 aliphatic carbocycles. The van der Waals surface area contributed by atoms with E-state index in [1.54, 1.807) is 18.2 Å². The Balaban J connectivity index is 2.19. The van der Waals surface area contributed by atoms with Gasteiger partial charge >= 0.3 is 0 Å². The highest BCUT2D eigenvalue weighted by molar-refractivity contribution is 7.89. The monoisotopic (exact) mass is 312 g/mol. The quantitative estimate of drug-likeness (QED) is 0.855. The molecule has 118 valence electrons. The van der Waals surface area contributed by atoms with Crippen molar-refractivity contribution in [3.63, 3.8) is 0 Å². The van der Waals surface area contributed by atoms with E-state index < -0.39 is 10.0 Å². The summed E-state index contributed by atoms with van der Waals surface area (Å²) in [5, 5.41) is 9.37. The maximum Gasteiger partial charge on any atom is 0.240 e. The minimum atomic E-state index is -3.53. The van der Waals surface area contributed by atoms with Crippen LogP contribution in [0.3, 0.4) is 0 Å². The highest BCUT2D eigenvalue weighted by Crippen LogP contribution is 2.18. The van der Waals surface area contributed by atoms with Gasteiger partial charge < -0.3 is 10.0 Å². The van der Waals surface area contributed by atoms with Gasteiger partial charge in [0.15, 0.2) is 0 Å². The van der Waals surface area contributed by atoms with Gasteiger partial charge in [-0.25, -0.2) is 13.1 Å². The lowest BCUT2D eigenvalue weighted by Crippen LogP contribution is -2.46. The van der Waals surface area contributed by atoms with Crippen LogP contribution in [0.15, 0.2) is 23.1 Å². The fraction of sp³-hybridized carbons (Fsp3) is 0.600. The molecule has 1 saturated heterocycles. The third-order valence-electron chi connectivity index (χ3n) is 3.99. The van der Waals surface area contributed by atoms with Gasteiger partial charge in [0.25, 0.3) is 0 Å². The van der Waals surface area contributed by atoms with E-state index in [4.69, 9.17) is 0 Å². The molecule has 2 N–H and O–H groups in total. The Bertz CT molecular complexity index is 587. The molecule has 0 spiro atoms. The molecular weight excluding hydrogens is 288 g/mol. The molecule has 0 saturated carbocycles. The molecule has 2 rings (SSSR count). The van der Waals surface area contributed by atoms with Gasteiger partial charge in [-0.2, -0.15) is 0 Å². The van der Waals surface area contributed by atoms with E-state index >= 15 is 0 Å². The van der Waals surface area contributed by atoms with Crippen LogP contribution in [0.1, 0.15) is 30.9 Å². The average molecular weight is 312 g/mol. The molecule has 0 aromatic heterocycles. The first kappa shape index (κ1) is 16.4. The van der Waals surface area contributed by atoms with Crippen molar-refractivity contribution in [2.24, 2.45) is 0 Å². The fourth-order valence-corrected chi connectivity index (χ4v) is 4.12. The van der Waals surface area contributed by atoms with Crippen molar-refractivity contribution in [1.82, 2.24) is 9.62 Å². The van der Waals surface area contributed by atoms with E-state index in [-0.39, 0.29) is 17.5 Å². The first-order valence-electron chi connectivity index (χ1n) is 7.39. The Kier molecular flexibility index (Phi) is 5.37. The number of benzene rings is 1. The van der Waals surface area contributed by atoms with Crippen LogP contribution in [-0.4, -0.2) is 44.6 Å². The number of nitrogens with zero attached hydrogens (tertiary/aromatic N) is 1. The number of rotatable bonds is 5. The minimum absolute atomic E-state index is 0.0443. The average Bonchev–Trinajstić information content (AvgIpc) is 2.46. The molecule has 1 aromatic carbocycles. The molecule has 1 fully saturated rings. The number of sulfonamides is 1. The Morgan fingerprint density at radius 1 is 1.38 bits per heavy atom. The number of hydrogen-bond donors (Lipinski definition) is 2. The molecule has 5 nitrogen and oxygen atoms in total. The molecule has 21 heavy (non-hydrogen) atoms. The molecule has 1 aliphatic rings. The Labute approximate surface area is 127 Å². The number of aliphatic hydroxyl groups is 1. The van der Waals surface area contributed by atoms with Crippen LogP contribution in [0.2, 0.25) is 0 Å². The minimum Gasteiger partial charge on any atom is -0.392 e. The van der Waals surface area contributed by atoms with E-state index in [1.165, 1.54) is 0 Å².